The standard InChI is InChI=1S/C57H45N/c1-10-28-46(29-11-1)55(47-30-12-2-13-31-47,48-32-14-3-15-33-48)58(56(49-34-16-4-17-35-49,50-36-18-5-19-37-50)51-38-20-6-21-39-51)57(52-40-22-7-23-41-52,53-42-24-8-25-43-53)54-44-26-9-27-45-54/h1-45H. The minimum atomic E-state index is -0.979. The Labute approximate surface area is 343 Å². The summed E-state index contributed by atoms with van der Waals surface area (Å²) in [6.45, 7) is 0. The lowest BCUT2D eigenvalue weighted by Crippen LogP contribution is -2.68. The smallest absolute Gasteiger partial charge is 0.0997 e. The molecule has 0 N–H and O–H groups in total. The normalized spacial score (nSPS) is 11.9. The molecule has 0 unspecified atom stereocenters. The summed E-state index contributed by atoms with van der Waals surface area (Å²) >= 11 is 0. The van der Waals surface area contributed by atoms with E-state index in [1.165, 1.54) is 0 Å². The van der Waals surface area contributed by atoms with Crippen LogP contribution in [0.2, 0.25) is 0 Å². The third-order valence-electron chi connectivity index (χ3n) is 11.7. The Morgan fingerprint density at radius 1 is 0.155 bits per heavy atom. The van der Waals surface area contributed by atoms with E-state index in [2.05, 4.69) is 278 Å². The van der Waals surface area contributed by atoms with Gasteiger partial charge in [0, 0.05) is 0 Å². The largest absolute Gasteiger partial charge is 0.250 e. The molecule has 9 aromatic rings. The van der Waals surface area contributed by atoms with Crippen molar-refractivity contribution in [1.29, 1.82) is 0 Å². The second-order valence-electron chi connectivity index (χ2n) is 14.8. The second-order valence-corrected chi connectivity index (χ2v) is 14.8. The van der Waals surface area contributed by atoms with Crippen LogP contribution in [-0.4, -0.2) is 4.90 Å². The highest BCUT2D eigenvalue weighted by molar-refractivity contribution is 5.62. The van der Waals surface area contributed by atoms with Crippen LogP contribution >= 0.6 is 0 Å². The van der Waals surface area contributed by atoms with Gasteiger partial charge in [0.25, 0.3) is 0 Å². The van der Waals surface area contributed by atoms with E-state index in [0.29, 0.717) is 0 Å². The average Bonchev–Trinajstić information content (AvgIpc) is 3.33. The van der Waals surface area contributed by atoms with Gasteiger partial charge in [-0.3, -0.25) is 4.90 Å². The fourth-order valence-electron chi connectivity index (χ4n) is 9.53. The van der Waals surface area contributed by atoms with Crippen molar-refractivity contribution in [2.24, 2.45) is 0 Å². The van der Waals surface area contributed by atoms with E-state index >= 15 is 0 Å². The fourth-order valence-corrected chi connectivity index (χ4v) is 9.53. The van der Waals surface area contributed by atoms with Gasteiger partial charge in [-0.25, -0.2) is 0 Å². The highest BCUT2D eigenvalue weighted by Crippen LogP contribution is 2.62. The van der Waals surface area contributed by atoms with Crippen molar-refractivity contribution in [3.63, 3.8) is 0 Å². The molecule has 0 aromatic heterocycles. The monoisotopic (exact) mass is 743 g/mol. The zero-order chi connectivity index (χ0) is 39.1. The van der Waals surface area contributed by atoms with E-state index in [0.717, 1.165) is 50.1 Å². The summed E-state index contributed by atoms with van der Waals surface area (Å²) < 4.78 is 0. The van der Waals surface area contributed by atoms with E-state index in [4.69, 9.17) is 0 Å². The van der Waals surface area contributed by atoms with Gasteiger partial charge in [-0.1, -0.05) is 273 Å². The molecule has 0 saturated heterocycles. The summed E-state index contributed by atoms with van der Waals surface area (Å²) in [5.41, 5.74) is 7.37. The average molecular weight is 744 g/mol. The van der Waals surface area contributed by atoms with Gasteiger partial charge in [-0.2, -0.15) is 0 Å². The minimum absolute atomic E-state index is 0.979. The molecule has 58 heavy (non-hydrogen) atoms. The van der Waals surface area contributed by atoms with E-state index < -0.39 is 16.6 Å². The maximum atomic E-state index is 2.90. The molecule has 0 spiro atoms. The first-order valence-corrected chi connectivity index (χ1v) is 20.1. The molecule has 0 aliphatic heterocycles. The van der Waals surface area contributed by atoms with E-state index in [-0.39, 0.29) is 0 Å². The number of benzene rings is 9. The molecular weight excluding hydrogens is 699 g/mol. The molecule has 0 amide bonds. The predicted octanol–water partition coefficient (Wildman–Crippen LogP) is 13.3. The van der Waals surface area contributed by atoms with Crippen LogP contribution < -0.4 is 0 Å². The SMILES string of the molecule is c1ccc(C(c2ccccc2)(c2ccccc2)N(C(c2ccccc2)(c2ccccc2)c2ccccc2)C(c2ccccc2)(c2ccccc2)c2ccccc2)cc1. The summed E-state index contributed by atoms with van der Waals surface area (Å²) in [4.78, 5) is 2.90. The molecule has 9 rings (SSSR count). The Bertz CT molecular complexity index is 2030. The molecule has 0 saturated carbocycles. The van der Waals surface area contributed by atoms with Gasteiger partial charge in [0.1, 0.15) is 0 Å². The third kappa shape index (κ3) is 6.00. The quantitative estimate of drug-likeness (QED) is 0.113. The summed E-state index contributed by atoms with van der Waals surface area (Å²) in [6, 6.07) is 100. The van der Waals surface area contributed by atoms with Gasteiger partial charge in [0.2, 0.25) is 0 Å². The van der Waals surface area contributed by atoms with E-state index in [1.54, 1.807) is 0 Å². The summed E-state index contributed by atoms with van der Waals surface area (Å²) in [5, 5.41) is 0. The van der Waals surface area contributed by atoms with Crippen LogP contribution in [0.15, 0.2) is 273 Å². The van der Waals surface area contributed by atoms with Gasteiger partial charge in [0.15, 0.2) is 0 Å². The van der Waals surface area contributed by atoms with Gasteiger partial charge in [-0.05, 0) is 50.1 Å². The number of rotatable bonds is 12. The molecule has 278 valence electrons. The Morgan fingerprint density at radius 2 is 0.259 bits per heavy atom. The summed E-state index contributed by atoms with van der Waals surface area (Å²) in [7, 11) is 0. The first-order valence-electron chi connectivity index (χ1n) is 20.1. The van der Waals surface area contributed by atoms with E-state index in [9.17, 15) is 0 Å². The van der Waals surface area contributed by atoms with Crippen LogP contribution in [0.4, 0.5) is 0 Å². The van der Waals surface area contributed by atoms with E-state index in [1.807, 2.05) is 0 Å². The maximum absolute atomic E-state index is 2.90. The number of hydrogen-bond donors (Lipinski definition) is 0. The first kappa shape index (κ1) is 36.6. The van der Waals surface area contributed by atoms with Gasteiger partial charge in [-0.15, -0.1) is 0 Å². The van der Waals surface area contributed by atoms with Crippen molar-refractivity contribution in [1.82, 2.24) is 4.90 Å². The maximum Gasteiger partial charge on any atom is 0.0997 e. The summed E-state index contributed by atoms with van der Waals surface area (Å²) in [5.74, 6) is 0. The molecule has 0 atom stereocenters. The molecule has 1 heteroatoms. The van der Waals surface area contributed by atoms with Crippen LogP contribution in [0.25, 0.3) is 0 Å². The molecule has 1 nitrogen and oxygen atoms in total. The van der Waals surface area contributed by atoms with Gasteiger partial charge >= 0.3 is 0 Å². The number of hydrogen-bond acceptors (Lipinski definition) is 1. The van der Waals surface area contributed by atoms with Crippen molar-refractivity contribution in [2.75, 3.05) is 0 Å². The topological polar surface area (TPSA) is 3.24 Å². The van der Waals surface area contributed by atoms with Crippen LogP contribution in [0.5, 0.6) is 0 Å². The van der Waals surface area contributed by atoms with Crippen LogP contribution in [-0.2, 0) is 16.6 Å². The van der Waals surface area contributed by atoms with Crippen LogP contribution in [0, 0.1) is 0 Å². The lowest BCUT2D eigenvalue weighted by Gasteiger charge is -2.64. The van der Waals surface area contributed by atoms with Crippen molar-refractivity contribution < 1.29 is 0 Å². The Morgan fingerprint density at radius 3 is 0.362 bits per heavy atom. The highest BCUT2D eigenvalue weighted by atomic mass is 15.3. The van der Waals surface area contributed by atoms with Gasteiger partial charge < -0.3 is 0 Å². The van der Waals surface area contributed by atoms with Gasteiger partial charge in [0.05, 0.1) is 16.6 Å². The molecule has 0 aliphatic carbocycles. The molecule has 0 aliphatic rings. The molecule has 0 radical (unpaired) electrons. The lowest BCUT2D eigenvalue weighted by atomic mass is 9.61. The molecule has 0 heterocycles. The minimum Gasteiger partial charge on any atom is -0.250 e. The zero-order valence-electron chi connectivity index (χ0n) is 32.4. The molecule has 0 bridgehead atoms. The zero-order valence-corrected chi connectivity index (χ0v) is 32.4. The van der Waals surface area contributed by atoms with Crippen molar-refractivity contribution in [3.05, 3.63) is 323 Å². The van der Waals surface area contributed by atoms with Crippen LogP contribution in [0.3, 0.4) is 0 Å². The van der Waals surface area contributed by atoms with Crippen LogP contribution in [0.1, 0.15) is 50.1 Å². The van der Waals surface area contributed by atoms with Crippen molar-refractivity contribution in [2.45, 2.75) is 16.6 Å². The fraction of sp³-hybridized carbons (Fsp3) is 0.0526. The number of nitrogens with zero attached hydrogens (tertiary/aromatic N) is 1. The Hall–Kier alpha value is -7.06. The second kappa shape index (κ2) is 16.2. The first-order chi connectivity index (χ1) is 28.8. The lowest BCUT2D eigenvalue weighted by molar-refractivity contribution is -0.0113. The predicted molar refractivity (Wildman–Crippen MR) is 239 cm³/mol. The van der Waals surface area contributed by atoms with Crippen molar-refractivity contribution >= 4 is 0 Å². The molecule has 9 aromatic carbocycles. The summed E-state index contributed by atoms with van der Waals surface area (Å²) in [6.07, 6.45) is 0. The Balaban J connectivity index is 1.68. The van der Waals surface area contributed by atoms with Crippen molar-refractivity contribution in [3.8, 4) is 0 Å². The Kier molecular flexibility index (Phi) is 10.2. The molecule has 0 fully saturated rings. The molecular formula is C57H45N. The third-order valence-corrected chi connectivity index (χ3v) is 11.7. The highest BCUT2D eigenvalue weighted by Gasteiger charge is 2.63.